The SMILES string of the molecule is O=C(NCC(=O)N1CCCC1/C=C/c1ccccc1)NC1CCCCC1. The van der Waals surface area contributed by atoms with Crippen molar-refractivity contribution < 1.29 is 9.59 Å². The van der Waals surface area contributed by atoms with Crippen molar-refractivity contribution in [2.24, 2.45) is 0 Å². The fraction of sp³-hybridized carbons (Fsp3) is 0.524. The molecule has 3 amide bonds. The summed E-state index contributed by atoms with van der Waals surface area (Å²) in [6, 6.07) is 10.3. The molecule has 1 saturated carbocycles. The Hall–Kier alpha value is -2.30. The smallest absolute Gasteiger partial charge is 0.315 e. The standard InChI is InChI=1S/C21H29N3O2/c25-20(16-22-21(26)23-18-10-5-2-6-11-18)24-15-7-12-19(24)14-13-17-8-3-1-4-9-17/h1,3-4,8-9,13-14,18-19H,2,5-7,10-12,15-16H2,(H2,22,23,26)/b14-13+. The zero-order valence-electron chi connectivity index (χ0n) is 15.3. The van der Waals surface area contributed by atoms with Gasteiger partial charge in [0.1, 0.15) is 0 Å². The number of urea groups is 1. The third-order valence-electron chi connectivity index (χ3n) is 5.27. The van der Waals surface area contributed by atoms with Crippen molar-refractivity contribution in [2.45, 2.75) is 57.0 Å². The Morgan fingerprint density at radius 2 is 1.81 bits per heavy atom. The van der Waals surface area contributed by atoms with E-state index >= 15 is 0 Å². The first-order valence-corrected chi connectivity index (χ1v) is 9.79. The molecule has 0 bridgehead atoms. The number of carbonyl (C=O) groups excluding carboxylic acids is 2. The molecule has 1 atom stereocenters. The zero-order valence-corrected chi connectivity index (χ0v) is 15.3. The van der Waals surface area contributed by atoms with E-state index in [1.807, 2.05) is 23.1 Å². The predicted molar refractivity (Wildman–Crippen MR) is 104 cm³/mol. The van der Waals surface area contributed by atoms with Crippen LogP contribution in [0.5, 0.6) is 0 Å². The maximum atomic E-state index is 12.5. The number of likely N-dealkylation sites (tertiary alicyclic amines) is 1. The number of hydrogen-bond acceptors (Lipinski definition) is 2. The van der Waals surface area contributed by atoms with E-state index < -0.39 is 0 Å². The lowest BCUT2D eigenvalue weighted by Gasteiger charge is -2.24. The van der Waals surface area contributed by atoms with Crippen LogP contribution in [0.2, 0.25) is 0 Å². The minimum atomic E-state index is -0.221. The average molecular weight is 355 g/mol. The molecule has 0 spiro atoms. The van der Waals surface area contributed by atoms with Crippen LogP contribution in [0.4, 0.5) is 4.79 Å². The number of hydrogen-bond donors (Lipinski definition) is 2. The highest BCUT2D eigenvalue weighted by atomic mass is 16.2. The first kappa shape index (κ1) is 18.5. The van der Waals surface area contributed by atoms with E-state index in [0.717, 1.165) is 37.8 Å². The number of carbonyl (C=O) groups is 2. The number of benzene rings is 1. The van der Waals surface area contributed by atoms with E-state index in [9.17, 15) is 9.59 Å². The average Bonchev–Trinajstić information content (AvgIpc) is 3.15. The lowest BCUT2D eigenvalue weighted by Crippen LogP contribution is -2.47. The first-order valence-electron chi connectivity index (χ1n) is 9.79. The monoisotopic (exact) mass is 355 g/mol. The minimum absolute atomic E-state index is 0.0102. The number of nitrogens with zero attached hydrogens (tertiary/aromatic N) is 1. The lowest BCUT2D eigenvalue weighted by molar-refractivity contribution is -0.130. The van der Waals surface area contributed by atoms with Gasteiger partial charge in [-0.1, -0.05) is 61.7 Å². The molecular formula is C21H29N3O2. The Morgan fingerprint density at radius 1 is 1.04 bits per heavy atom. The molecule has 5 nitrogen and oxygen atoms in total. The van der Waals surface area contributed by atoms with Crippen molar-refractivity contribution in [2.75, 3.05) is 13.1 Å². The Kier molecular flexibility index (Phi) is 6.69. The summed E-state index contributed by atoms with van der Waals surface area (Å²) in [5.74, 6) is -0.0102. The van der Waals surface area contributed by atoms with E-state index in [2.05, 4.69) is 34.9 Å². The molecule has 1 aliphatic carbocycles. The van der Waals surface area contributed by atoms with Gasteiger partial charge in [0.2, 0.25) is 5.91 Å². The van der Waals surface area contributed by atoms with Gasteiger partial charge in [-0.2, -0.15) is 0 Å². The van der Waals surface area contributed by atoms with Gasteiger partial charge < -0.3 is 15.5 Å². The highest BCUT2D eigenvalue weighted by Gasteiger charge is 2.27. The molecule has 0 radical (unpaired) electrons. The van der Waals surface area contributed by atoms with Gasteiger partial charge in [-0.3, -0.25) is 4.79 Å². The van der Waals surface area contributed by atoms with Crippen molar-refractivity contribution in [3.8, 4) is 0 Å². The molecule has 140 valence electrons. The Morgan fingerprint density at radius 3 is 2.58 bits per heavy atom. The Labute approximate surface area is 155 Å². The lowest BCUT2D eigenvalue weighted by atomic mass is 9.96. The van der Waals surface area contributed by atoms with Gasteiger partial charge in [0.25, 0.3) is 0 Å². The van der Waals surface area contributed by atoms with E-state index in [4.69, 9.17) is 0 Å². The minimum Gasteiger partial charge on any atom is -0.335 e. The molecule has 1 saturated heterocycles. The van der Waals surface area contributed by atoms with Crippen LogP contribution < -0.4 is 10.6 Å². The van der Waals surface area contributed by atoms with Crippen LogP contribution in [0.1, 0.15) is 50.5 Å². The molecule has 1 unspecified atom stereocenters. The summed E-state index contributed by atoms with van der Waals surface area (Å²) in [7, 11) is 0. The van der Waals surface area contributed by atoms with Gasteiger partial charge in [0, 0.05) is 12.6 Å². The first-order chi connectivity index (χ1) is 12.7. The third kappa shape index (κ3) is 5.35. The molecule has 3 rings (SSSR count). The molecule has 26 heavy (non-hydrogen) atoms. The molecule has 2 fully saturated rings. The van der Waals surface area contributed by atoms with Gasteiger partial charge in [-0.05, 0) is 31.2 Å². The molecule has 5 heteroatoms. The number of rotatable bonds is 5. The van der Waals surface area contributed by atoms with Crippen molar-refractivity contribution >= 4 is 18.0 Å². The highest BCUT2D eigenvalue weighted by Crippen LogP contribution is 2.20. The van der Waals surface area contributed by atoms with Crippen LogP contribution in [0, 0.1) is 0 Å². The van der Waals surface area contributed by atoms with Crippen molar-refractivity contribution in [1.82, 2.24) is 15.5 Å². The van der Waals surface area contributed by atoms with Gasteiger partial charge in [-0.15, -0.1) is 0 Å². The Balaban J connectivity index is 1.45. The molecular weight excluding hydrogens is 326 g/mol. The van der Waals surface area contributed by atoms with Crippen LogP contribution >= 0.6 is 0 Å². The number of amides is 3. The molecule has 2 N–H and O–H groups in total. The van der Waals surface area contributed by atoms with Crippen molar-refractivity contribution in [1.29, 1.82) is 0 Å². The second-order valence-corrected chi connectivity index (χ2v) is 7.23. The largest absolute Gasteiger partial charge is 0.335 e. The second kappa shape index (κ2) is 9.41. The second-order valence-electron chi connectivity index (χ2n) is 7.23. The maximum absolute atomic E-state index is 12.5. The number of nitrogens with one attached hydrogen (secondary N) is 2. The summed E-state index contributed by atoms with van der Waals surface area (Å²) in [6.45, 7) is 0.822. The molecule has 1 aliphatic heterocycles. The van der Waals surface area contributed by atoms with Gasteiger partial charge in [-0.25, -0.2) is 4.79 Å². The Bertz CT molecular complexity index is 623. The molecule has 2 aliphatic rings. The summed E-state index contributed by atoms with van der Waals surface area (Å²) in [5.41, 5.74) is 1.14. The van der Waals surface area contributed by atoms with Crippen LogP contribution in [0.25, 0.3) is 6.08 Å². The fourth-order valence-electron chi connectivity index (χ4n) is 3.83. The van der Waals surface area contributed by atoms with E-state index in [-0.39, 0.29) is 30.6 Å². The molecule has 1 aromatic rings. The summed E-state index contributed by atoms with van der Waals surface area (Å²) >= 11 is 0. The van der Waals surface area contributed by atoms with Gasteiger partial charge in [0.15, 0.2) is 0 Å². The van der Waals surface area contributed by atoms with E-state index in [0.29, 0.717) is 0 Å². The van der Waals surface area contributed by atoms with E-state index in [1.165, 1.54) is 19.3 Å². The fourth-order valence-corrected chi connectivity index (χ4v) is 3.83. The summed E-state index contributed by atoms with van der Waals surface area (Å²) in [4.78, 5) is 26.4. The summed E-state index contributed by atoms with van der Waals surface area (Å²) in [6.07, 6.45) is 11.8. The van der Waals surface area contributed by atoms with Crippen LogP contribution in [-0.4, -0.2) is 42.0 Å². The predicted octanol–water partition coefficient (Wildman–Crippen LogP) is 3.32. The maximum Gasteiger partial charge on any atom is 0.315 e. The summed E-state index contributed by atoms with van der Waals surface area (Å²) < 4.78 is 0. The van der Waals surface area contributed by atoms with Crippen LogP contribution in [0.3, 0.4) is 0 Å². The van der Waals surface area contributed by atoms with E-state index in [1.54, 1.807) is 0 Å². The molecule has 1 aromatic carbocycles. The molecule has 1 heterocycles. The van der Waals surface area contributed by atoms with Gasteiger partial charge >= 0.3 is 6.03 Å². The third-order valence-corrected chi connectivity index (χ3v) is 5.27. The van der Waals surface area contributed by atoms with Crippen LogP contribution in [0.15, 0.2) is 36.4 Å². The molecule has 0 aromatic heterocycles. The summed E-state index contributed by atoms with van der Waals surface area (Å²) in [5, 5.41) is 5.72. The zero-order chi connectivity index (χ0) is 18.2. The highest BCUT2D eigenvalue weighted by molar-refractivity contribution is 5.84. The normalized spacial score (nSPS) is 21.1. The van der Waals surface area contributed by atoms with Crippen LogP contribution in [-0.2, 0) is 4.79 Å². The van der Waals surface area contributed by atoms with Gasteiger partial charge in [0.05, 0.1) is 12.6 Å². The van der Waals surface area contributed by atoms with Crippen molar-refractivity contribution in [3.05, 3.63) is 42.0 Å². The van der Waals surface area contributed by atoms with Crippen molar-refractivity contribution in [3.63, 3.8) is 0 Å². The quantitative estimate of drug-likeness (QED) is 0.851. The topological polar surface area (TPSA) is 61.4 Å².